The third-order valence-corrected chi connectivity index (χ3v) is 4.58. The highest BCUT2D eigenvalue weighted by molar-refractivity contribution is 5.28. The fourth-order valence-corrected chi connectivity index (χ4v) is 3.49. The molecule has 3 heterocycles. The van der Waals surface area contributed by atoms with Crippen LogP contribution in [0.4, 0.5) is 8.78 Å². The van der Waals surface area contributed by atoms with E-state index < -0.39 is 11.6 Å². The van der Waals surface area contributed by atoms with E-state index in [1.165, 1.54) is 17.8 Å². The highest BCUT2D eigenvalue weighted by Crippen LogP contribution is 2.33. The van der Waals surface area contributed by atoms with Gasteiger partial charge in [-0.15, -0.1) is 0 Å². The summed E-state index contributed by atoms with van der Waals surface area (Å²) in [5.74, 6) is -1.61. The van der Waals surface area contributed by atoms with E-state index in [1.54, 1.807) is 18.6 Å². The topological polar surface area (TPSA) is 21.3 Å². The number of furan rings is 1. The molecule has 0 radical (unpaired) electrons. The third kappa shape index (κ3) is 2.76. The third-order valence-electron chi connectivity index (χ3n) is 4.58. The normalized spacial score (nSPS) is 18.3. The lowest BCUT2D eigenvalue weighted by Gasteiger charge is -2.29. The van der Waals surface area contributed by atoms with Crippen molar-refractivity contribution in [1.29, 1.82) is 0 Å². The lowest BCUT2D eigenvalue weighted by Crippen LogP contribution is -2.29. The molecular formula is C19H18F2N2O. The SMILES string of the molecule is Fc1ccc(CN2CCCn3cccc3C2c2ccoc2)cc1F. The molecule has 3 nitrogen and oxygen atoms in total. The predicted molar refractivity (Wildman–Crippen MR) is 86.4 cm³/mol. The van der Waals surface area contributed by atoms with E-state index in [1.807, 2.05) is 12.1 Å². The first-order valence-electron chi connectivity index (χ1n) is 8.07. The maximum Gasteiger partial charge on any atom is 0.159 e. The van der Waals surface area contributed by atoms with Gasteiger partial charge in [-0.2, -0.15) is 0 Å². The first-order chi connectivity index (χ1) is 11.7. The maximum atomic E-state index is 13.6. The zero-order chi connectivity index (χ0) is 16.5. The van der Waals surface area contributed by atoms with Gasteiger partial charge in [-0.05, 0) is 42.3 Å². The zero-order valence-corrected chi connectivity index (χ0v) is 13.2. The van der Waals surface area contributed by atoms with Gasteiger partial charge in [-0.1, -0.05) is 6.07 Å². The van der Waals surface area contributed by atoms with Gasteiger partial charge in [-0.3, -0.25) is 4.90 Å². The fourth-order valence-electron chi connectivity index (χ4n) is 3.49. The number of hydrogen-bond acceptors (Lipinski definition) is 2. The summed E-state index contributed by atoms with van der Waals surface area (Å²) in [5, 5.41) is 0. The molecule has 0 saturated heterocycles. The average Bonchev–Trinajstić information content (AvgIpc) is 3.22. The second-order valence-electron chi connectivity index (χ2n) is 6.16. The first-order valence-corrected chi connectivity index (χ1v) is 8.07. The Morgan fingerprint density at radius 2 is 2.00 bits per heavy atom. The maximum absolute atomic E-state index is 13.6. The van der Waals surface area contributed by atoms with E-state index in [-0.39, 0.29) is 6.04 Å². The Labute approximate surface area is 139 Å². The predicted octanol–water partition coefficient (Wildman–Crippen LogP) is 4.35. The molecule has 1 atom stereocenters. The number of fused-ring (bicyclic) bond motifs is 1. The smallest absolute Gasteiger partial charge is 0.159 e. The summed E-state index contributed by atoms with van der Waals surface area (Å²) >= 11 is 0. The van der Waals surface area contributed by atoms with Crippen LogP contribution in [0.3, 0.4) is 0 Å². The van der Waals surface area contributed by atoms with Crippen molar-refractivity contribution in [1.82, 2.24) is 9.47 Å². The van der Waals surface area contributed by atoms with Crippen LogP contribution in [0, 0.1) is 11.6 Å². The number of rotatable bonds is 3. The van der Waals surface area contributed by atoms with Gasteiger partial charge in [0.25, 0.3) is 0 Å². The van der Waals surface area contributed by atoms with E-state index in [4.69, 9.17) is 4.42 Å². The largest absolute Gasteiger partial charge is 0.472 e. The van der Waals surface area contributed by atoms with Crippen molar-refractivity contribution in [2.75, 3.05) is 6.54 Å². The first kappa shape index (κ1) is 15.1. The van der Waals surface area contributed by atoms with Gasteiger partial charge in [0.05, 0.1) is 18.6 Å². The van der Waals surface area contributed by atoms with Gasteiger partial charge in [0.1, 0.15) is 0 Å². The molecule has 0 fully saturated rings. The van der Waals surface area contributed by atoms with Crippen molar-refractivity contribution in [3.8, 4) is 0 Å². The second-order valence-corrected chi connectivity index (χ2v) is 6.16. The van der Waals surface area contributed by atoms with Crippen molar-refractivity contribution in [2.45, 2.75) is 25.6 Å². The molecule has 2 aromatic heterocycles. The van der Waals surface area contributed by atoms with Gasteiger partial charge in [0.2, 0.25) is 0 Å². The van der Waals surface area contributed by atoms with Crippen LogP contribution >= 0.6 is 0 Å². The molecule has 0 saturated carbocycles. The van der Waals surface area contributed by atoms with Crippen molar-refractivity contribution in [3.05, 3.63) is 83.6 Å². The van der Waals surface area contributed by atoms with Gasteiger partial charge in [0.15, 0.2) is 11.6 Å². The summed E-state index contributed by atoms with van der Waals surface area (Å²) in [6, 6.07) is 10.3. The van der Waals surface area contributed by atoms with Crippen LogP contribution in [-0.4, -0.2) is 16.0 Å². The molecule has 0 bridgehead atoms. The minimum atomic E-state index is -0.810. The van der Waals surface area contributed by atoms with Gasteiger partial charge < -0.3 is 8.98 Å². The van der Waals surface area contributed by atoms with Crippen molar-refractivity contribution >= 4 is 0 Å². The summed E-state index contributed by atoms with van der Waals surface area (Å²) in [6.45, 7) is 2.37. The van der Waals surface area contributed by atoms with E-state index in [0.29, 0.717) is 6.54 Å². The number of hydrogen-bond donors (Lipinski definition) is 0. The van der Waals surface area contributed by atoms with Gasteiger partial charge in [0, 0.05) is 37.1 Å². The Morgan fingerprint density at radius 3 is 2.79 bits per heavy atom. The molecule has 5 heteroatoms. The van der Waals surface area contributed by atoms with Crippen LogP contribution in [0.25, 0.3) is 0 Å². The molecule has 1 aliphatic heterocycles. The molecule has 1 aromatic carbocycles. The molecule has 0 aliphatic carbocycles. The number of aryl methyl sites for hydroxylation is 1. The van der Waals surface area contributed by atoms with E-state index in [9.17, 15) is 8.78 Å². The fraction of sp³-hybridized carbons (Fsp3) is 0.263. The summed E-state index contributed by atoms with van der Waals surface area (Å²) in [7, 11) is 0. The monoisotopic (exact) mass is 328 g/mol. The van der Waals surface area contributed by atoms with Crippen LogP contribution in [0.2, 0.25) is 0 Å². The molecule has 4 rings (SSSR count). The average molecular weight is 328 g/mol. The second kappa shape index (κ2) is 6.24. The highest BCUT2D eigenvalue weighted by Gasteiger charge is 2.28. The standard InChI is InChI=1S/C19H18F2N2O/c20-16-5-4-14(11-17(16)21)12-23-9-2-8-22-7-1-3-18(22)19(23)15-6-10-24-13-15/h1,3-7,10-11,13,19H,2,8-9,12H2. The van der Waals surface area contributed by atoms with Crippen LogP contribution in [0.5, 0.6) is 0 Å². The van der Waals surface area contributed by atoms with Gasteiger partial charge in [-0.25, -0.2) is 8.78 Å². The lowest BCUT2D eigenvalue weighted by atomic mass is 10.0. The van der Waals surface area contributed by atoms with Crippen LogP contribution < -0.4 is 0 Å². The summed E-state index contributed by atoms with van der Waals surface area (Å²) < 4.78 is 34.3. The Kier molecular flexibility index (Phi) is 3.94. The summed E-state index contributed by atoms with van der Waals surface area (Å²) in [5.41, 5.74) is 3.03. The molecule has 124 valence electrons. The summed E-state index contributed by atoms with van der Waals surface area (Å²) in [4.78, 5) is 2.29. The van der Waals surface area contributed by atoms with E-state index in [2.05, 4.69) is 21.7 Å². The quantitative estimate of drug-likeness (QED) is 0.712. The zero-order valence-electron chi connectivity index (χ0n) is 13.2. The van der Waals surface area contributed by atoms with E-state index >= 15 is 0 Å². The van der Waals surface area contributed by atoms with Gasteiger partial charge >= 0.3 is 0 Å². The Bertz CT molecular complexity index is 826. The number of benzene rings is 1. The Balaban J connectivity index is 1.70. The van der Waals surface area contributed by atoms with Crippen molar-refractivity contribution < 1.29 is 13.2 Å². The molecule has 24 heavy (non-hydrogen) atoms. The minimum Gasteiger partial charge on any atom is -0.472 e. The number of nitrogens with zero attached hydrogens (tertiary/aromatic N) is 2. The molecule has 0 spiro atoms. The lowest BCUT2D eigenvalue weighted by molar-refractivity contribution is 0.219. The van der Waals surface area contributed by atoms with Crippen molar-refractivity contribution in [3.63, 3.8) is 0 Å². The summed E-state index contributed by atoms with van der Waals surface area (Å²) in [6.07, 6.45) is 6.51. The number of halogens is 2. The van der Waals surface area contributed by atoms with Crippen molar-refractivity contribution in [2.24, 2.45) is 0 Å². The van der Waals surface area contributed by atoms with E-state index in [0.717, 1.165) is 30.6 Å². The molecule has 1 unspecified atom stereocenters. The molecule has 0 amide bonds. The number of aromatic nitrogens is 1. The molecule has 1 aliphatic rings. The Morgan fingerprint density at radius 1 is 1.08 bits per heavy atom. The molecule has 3 aromatic rings. The van der Waals surface area contributed by atoms with Crippen LogP contribution in [-0.2, 0) is 13.1 Å². The molecular weight excluding hydrogens is 310 g/mol. The highest BCUT2D eigenvalue weighted by atomic mass is 19.2. The van der Waals surface area contributed by atoms with Crippen LogP contribution in [0.15, 0.2) is 59.5 Å². The Hall–Kier alpha value is -2.40. The molecule has 0 N–H and O–H groups in total. The van der Waals surface area contributed by atoms with Crippen LogP contribution in [0.1, 0.15) is 29.3 Å². The minimum absolute atomic E-state index is 0.0364.